The zero-order chi connectivity index (χ0) is 27.3. The van der Waals surface area contributed by atoms with E-state index in [0.717, 1.165) is 48.1 Å². The van der Waals surface area contributed by atoms with Gasteiger partial charge in [-0.1, -0.05) is 64.2 Å². The van der Waals surface area contributed by atoms with Crippen LogP contribution in [0.1, 0.15) is 70.1 Å². The Morgan fingerprint density at radius 2 is 1.74 bits per heavy atom. The van der Waals surface area contributed by atoms with E-state index in [1.165, 1.54) is 0 Å². The molecule has 0 aromatic heterocycles. The lowest BCUT2D eigenvalue weighted by Crippen LogP contribution is -2.31. The average Bonchev–Trinajstić information content (AvgIpc) is 3.64. The Labute approximate surface area is 242 Å². The van der Waals surface area contributed by atoms with Gasteiger partial charge in [-0.25, -0.2) is 4.79 Å². The molecule has 2 saturated carbocycles. The van der Waals surface area contributed by atoms with Crippen LogP contribution in [0.4, 0.5) is 0 Å². The van der Waals surface area contributed by atoms with Crippen LogP contribution < -0.4 is 4.74 Å². The molecular weight excluding hydrogens is 557 g/mol. The van der Waals surface area contributed by atoms with Crippen LogP contribution >= 0.6 is 34.8 Å². The smallest absolute Gasteiger partial charge is 0.335 e. The topological polar surface area (TPSA) is 68.1 Å². The van der Waals surface area contributed by atoms with E-state index in [2.05, 4.69) is 5.16 Å². The molecule has 0 amide bonds. The monoisotopic (exact) mass is 583 g/mol. The number of ether oxygens (including phenoxy) is 1. The van der Waals surface area contributed by atoms with Gasteiger partial charge in [0.2, 0.25) is 0 Å². The molecule has 2 fully saturated rings. The average molecular weight is 585 g/mol. The van der Waals surface area contributed by atoms with Crippen LogP contribution in [0.2, 0.25) is 15.1 Å². The maximum atomic E-state index is 11.5. The van der Waals surface area contributed by atoms with Gasteiger partial charge in [-0.05, 0) is 97.4 Å². The molecule has 0 bridgehead atoms. The molecule has 2 unspecified atom stereocenters. The predicted molar refractivity (Wildman–Crippen MR) is 154 cm³/mol. The molecule has 202 valence electrons. The van der Waals surface area contributed by atoms with Crippen molar-refractivity contribution in [2.45, 2.75) is 50.5 Å². The van der Waals surface area contributed by atoms with Gasteiger partial charge in [0.05, 0.1) is 21.5 Å². The molecular formula is C31H28Cl3NO4. The number of aromatic carboxylic acids is 1. The van der Waals surface area contributed by atoms with Crippen LogP contribution in [0, 0.1) is 18.8 Å². The fraction of sp³-hybridized carbons (Fsp3) is 0.355. The van der Waals surface area contributed by atoms with Crippen molar-refractivity contribution in [3.05, 3.63) is 97.5 Å². The number of hydrogen-bond acceptors (Lipinski definition) is 4. The summed E-state index contributed by atoms with van der Waals surface area (Å²) in [5.41, 5.74) is 4.75. The first-order valence-corrected chi connectivity index (χ1v) is 14.4. The maximum Gasteiger partial charge on any atom is 0.335 e. The Bertz CT molecular complexity index is 1440. The maximum absolute atomic E-state index is 11.5. The van der Waals surface area contributed by atoms with Gasteiger partial charge in [-0.15, -0.1) is 0 Å². The van der Waals surface area contributed by atoms with Crippen molar-refractivity contribution in [1.82, 2.24) is 0 Å². The van der Waals surface area contributed by atoms with Crippen LogP contribution in [0.15, 0.2) is 59.8 Å². The van der Waals surface area contributed by atoms with Crippen LogP contribution in [0.25, 0.3) is 0 Å². The fourth-order valence-corrected chi connectivity index (χ4v) is 6.70. The van der Waals surface area contributed by atoms with Gasteiger partial charge < -0.3 is 14.7 Å². The Hall–Kier alpha value is -2.73. The van der Waals surface area contributed by atoms with Crippen molar-refractivity contribution in [3.63, 3.8) is 0 Å². The summed E-state index contributed by atoms with van der Waals surface area (Å²) in [6.45, 7) is 2.20. The van der Waals surface area contributed by atoms with E-state index < -0.39 is 5.97 Å². The zero-order valence-electron chi connectivity index (χ0n) is 21.4. The van der Waals surface area contributed by atoms with Crippen molar-refractivity contribution in [2.75, 3.05) is 6.61 Å². The summed E-state index contributed by atoms with van der Waals surface area (Å²) < 4.78 is 6.25. The molecule has 0 spiro atoms. The molecule has 3 aliphatic rings. The van der Waals surface area contributed by atoms with Crippen LogP contribution in [-0.4, -0.2) is 29.5 Å². The van der Waals surface area contributed by atoms with E-state index >= 15 is 0 Å². The Kier molecular flexibility index (Phi) is 7.26. The van der Waals surface area contributed by atoms with Crippen molar-refractivity contribution >= 4 is 46.5 Å². The first-order valence-electron chi connectivity index (χ1n) is 13.2. The number of carboxylic acids is 1. The van der Waals surface area contributed by atoms with E-state index in [1.807, 2.05) is 49.4 Å². The first kappa shape index (κ1) is 26.5. The minimum Gasteiger partial charge on any atom is -0.493 e. The summed E-state index contributed by atoms with van der Waals surface area (Å²) in [6.07, 6.45) is 4.04. The zero-order valence-corrected chi connectivity index (χ0v) is 23.6. The minimum absolute atomic E-state index is 0.0580. The molecule has 6 rings (SSSR count). The number of carboxylic acid groups (broad SMARTS) is 1. The number of oxime groups is 1. The molecule has 1 heterocycles. The van der Waals surface area contributed by atoms with Gasteiger partial charge in [0.15, 0.2) is 0 Å². The Morgan fingerprint density at radius 1 is 1.00 bits per heavy atom. The van der Waals surface area contributed by atoms with Gasteiger partial charge in [-0.3, -0.25) is 0 Å². The second-order valence-electron chi connectivity index (χ2n) is 10.8. The van der Waals surface area contributed by atoms with E-state index in [-0.39, 0.29) is 12.0 Å². The molecule has 1 N–H and O–H groups in total. The summed E-state index contributed by atoms with van der Waals surface area (Å²) in [5, 5.41) is 15.6. The predicted octanol–water partition coefficient (Wildman–Crippen LogP) is 8.52. The van der Waals surface area contributed by atoms with E-state index in [1.54, 1.807) is 12.1 Å². The highest BCUT2D eigenvalue weighted by molar-refractivity contribution is 6.40. The second kappa shape index (κ2) is 10.7. The van der Waals surface area contributed by atoms with E-state index in [9.17, 15) is 9.90 Å². The Morgan fingerprint density at radius 3 is 2.41 bits per heavy atom. The number of hydrogen-bond donors (Lipinski definition) is 1. The van der Waals surface area contributed by atoms with E-state index in [4.69, 9.17) is 44.4 Å². The Balaban J connectivity index is 1.13. The fourth-order valence-electron chi connectivity index (χ4n) is 5.78. The molecule has 8 heteroatoms. The highest BCUT2D eigenvalue weighted by Gasteiger charge is 2.46. The van der Waals surface area contributed by atoms with E-state index in [0.29, 0.717) is 56.3 Å². The minimum atomic E-state index is -0.884. The number of halogens is 3. The van der Waals surface area contributed by atoms with Crippen molar-refractivity contribution in [1.29, 1.82) is 0 Å². The quantitative estimate of drug-likeness (QED) is 0.288. The molecule has 0 radical (unpaired) electrons. The number of nitrogens with zero attached hydrogens (tertiary/aromatic N) is 1. The highest BCUT2D eigenvalue weighted by atomic mass is 35.5. The lowest BCUT2D eigenvalue weighted by atomic mass is 9.68. The summed E-state index contributed by atoms with van der Waals surface area (Å²) in [4.78, 5) is 17.4. The third kappa shape index (κ3) is 5.25. The van der Waals surface area contributed by atoms with Gasteiger partial charge in [0, 0.05) is 10.6 Å². The molecule has 39 heavy (non-hydrogen) atoms. The van der Waals surface area contributed by atoms with Gasteiger partial charge >= 0.3 is 5.97 Å². The van der Waals surface area contributed by atoms with Crippen LogP contribution in [-0.2, 0) is 4.84 Å². The summed E-state index contributed by atoms with van der Waals surface area (Å²) >= 11 is 19.7. The second-order valence-corrected chi connectivity index (χ2v) is 12.0. The number of rotatable bonds is 8. The lowest BCUT2D eigenvalue weighted by molar-refractivity contribution is 0.0340. The molecule has 1 aliphatic heterocycles. The summed E-state index contributed by atoms with van der Waals surface area (Å²) in [6, 6.07) is 17.1. The van der Waals surface area contributed by atoms with Crippen molar-refractivity contribution in [3.8, 4) is 5.75 Å². The number of aryl methyl sites for hydroxylation is 1. The molecule has 2 aliphatic carbocycles. The largest absolute Gasteiger partial charge is 0.493 e. The summed E-state index contributed by atoms with van der Waals surface area (Å²) in [7, 11) is 0. The van der Waals surface area contributed by atoms with Gasteiger partial charge in [0.25, 0.3) is 0 Å². The third-order valence-electron chi connectivity index (χ3n) is 8.27. The first-order chi connectivity index (χ1) is 18.8. The molecule has 5 nitrogen and oxygen atoms in total. The van der Waals surface area contributed by atoms with Gasteiger partial charge in [0.1, 0.15) is 24.2 Å². The van der Waals surface area contributed by atoms with Crippen molar-refractivity contribution in [2.24, 2.45) is 17.0 Å². The normalized spacial score (nSPS) is 24.1. The highest BCUT2D eigenvalue weighted by Crippen LogP contribution is 2.50. The number of benzene rings is 3. The lowest BCUT2D eigenvalue weighted by Gasteiger charge is -2.37. The molecule has 2 atom stereocenters. The SMILES string of the molecule is Cc1ccc(C2CC(c3ccc(OCC4C(c5c(Cl)cccc5Cl)=NOC4C4CC4)cc3Cl)C2)cc1C(=O)O. The van der Waals surface area contributed by atoms with Gasteiger partial charge in [-0.2, -0.15) is 0 Å². The molecule has 0 saturated heterocycles. The standard InChI is InChI=1S/C31H28Cl3NO4/c1-16-5-6-18(13-23(16)31(36)37)19-11-20(12-19)22-10-9-21(14-27(22)34)38-15-24-29(35-39-30(24)17-7-8-17)28-25(32)3-2-4-26(28)33/h2-6,9-10,13-14,17,19-20,24,30H,7-8,11-12,15H2,1H3,(H,36,37). The number of carbonyl (C=O) groups is 1. The molecule has 3 aromatic rings. The van der Waals surface area contributed by atoms with Crippen molar-refractivity contribution < 1.29 is 19.5 Å². The van der Waals surface area contributed by atoms with Crippen LogP contribution in [0.3, 0.4) is 0 Å². The third-order valence-corrected chi connectivity index (χ3v) is 9.23. The summed E-state index contributed by atoms with van der Waals surface area (Å²) in [5.74, 6) is 0.830. The van der Waals surface area contributed by atoms with Crippen LogP contribution in [0.5, 0.6) is 5.75 Å². The molecule has 3 aromatic carbocycles.